The van der Waals surface area contributed by atoms with Gasteiger partial charge in [0.1, 0.15) is 0 Å². The van der Waals surface area contributed by atoms with Gasteiger partial charge in [0.25, 0.3) is 0 Å². The summed E-state index contributed by atoms with van der Waals surface area (Å²) in [7, 11) is 0. The van der Waals surface area contributed by atoms with Crippen LogP contribution >= 0.6 is 0 Å². The molecule has 0 saturated carbocycles. The van der Waals surface area contributed by atoms with E-state index < -0.39 is 0 Å². The fraction of sp³-hybridized carbons (Fsp3) is 0.667. The van der Waals surface area contributed by atoms with Gasteiger partial charge in [-0.3, -0.25) is 4.90 Å². The Morgan fingerprint density at radius 1 is 1.14 bits per heavy atom. The fourth-order valence-corrected chi connectivity index (χ4v) is 3.66. The van der Waals surface area contributed by atoms with Crippen molar-refractivity contribution < 1.29 is 4.74 Å². The van der Waals surface area contributed by atoms with E-state index in [1.54, 1.807) is 0 Å². The molecular weight excluding hydrogens is 260 g/mol. The first kappa shape index (κ1) is 15.0. The standard InChI is InChI=1S/C18H28N2O/c1-15-14-21-16(2)12-20(15)18-9-11-19(13-18)10-8-17-6-4-3-5-7-17/h3-7,15-16,18H,8-14H2,1-2H3. The third kappa shape index (κ3) is 3.85. The maximum Gasteiger partial charge on any atom is 0.0674 e. The number of hydrogen-bond donors (Lipinski definition) is 0. The number of benzene rings is 1. The van der Waals surface area contributed by atoms with Crippen LogP contribution in [-0.4, -0.2) is 60.8 Å². The van der Waals surface area contributed by atoms with Crippen molar-refractivity contribution in [3.63, 3.8) is 0 Å². The predicted molar refractivity (Wildman–Crippen MR) is 86.6 cm³/mol. The van der Waals surface area contributed by atoms with Crippen LogP contribution in [0.15, 0.2) is 30.3 Å². The summed E-state index contributed by atoms with van der Waals surface area (Å²) in [5.41, 5.74) is 1.45. The molecule has 3 heteroatoms. The van der Waals surface area contributed by atoms with Crippen LogP contribution < -0.4 is 0 Å². The molecule has 0 spiro atoms. The van der Waals surface area contributed by atoms with Crippen molar-refractivity contribution in [2.75, 3.05) is 32.8 Å². The van der Waals surface area contributed by atoms with Gasteiger partial charge in [-0.05, 0) is 38.8 Å². The lowest BCUT2D eigenvalue weighted by molar-refractivity contribution is -0.0642. The third-order valence-corrected chi connectivity index (χ3v) is 4.93. The first-order valence-electron chi connectivity index (χ1n) is 8.36. The fourth-order valence-electron chi connectivity index (χ4n) is 3.66. The Hall–Kier alpha value is -0.900. The molecule has 3 nitrogen and oxygen atoms in total. The Morgan fingerprint density at radius 3 is 2.76 bits per heavy atom. The first-order chi connectivity index (χ1) is 10.2. The maximum absolute atomic E-state index is 5.76. The molecule has 0 aromatic heterocycles. The predicted octanol–water partition coefficient (Wildman–Crippen LogP) is 2.41. The van der Waals surface area contributed by atoms with Gasteiger partial charge in [0, 0.05) is 31.7 Å². The van der Waals surface area contributed by atoms with Gasteiger partial charge in [0.2, 0.25) is 0 Å². The van der Waals surface area contributed by atoms with Crippen molar-refractivity contribution in [3.05, 3.63) is 35.9 Å². The van der Waals surface area contributed by atoms with Gasteiger partial charge >= 0.3 is 0 Å². The molecule has 2 fully saturated rings. The van der Waals surface area contributed by atoms with Crippen LogP contribution in [0.5, 0.6) is 0 Å². The van der Waals surface area contributed by atoms with E-state index in [2.05, 4.69) is 54.0 Å². The molecule has 1 aromatic carbocycles. The highest BCUT2D eigenvalue weighted by Gasteiger charge is 2.33. The monoisotopic (exact) mass is 288 g/mol. The largest absolute Gasteiger partial charge is 0.376 e. The molecule has 116 valence electrons. The first-order valence-corrected chi connectivity index (χ1v) is 8.36. The molecule has 2 heterocycles. The van der Waals surface area contributed by atoms with Gasteiger partial charge in [-0.2, -0.15) is 0 Å². The average Bonchev–Trinajstić information content (AvgIpc) is 2.97. The summed E-state index contributed by atoms with van der Waals surface area (Å²) in [5, 5.41) is 0. The summed E-state index contributed by atoms with van der Waals surface area (Å²) >= 11 is 0. The SMILES string of the molecule is CC1CN(C2CCN(CCc3ccccc3)C2)C(C)CO1. The van der Waals surface area contributed by atoms with Crippen molar-refractivity contribution in [3.8, 4) is 0 Å². The van der Waals surface area contributed by atoms with Crippen LogP contribution in [0.2, 0.25) is 0 Å². The molecule has 21 heavy (non-hydrogen) atoms. The molecule has 3 atom stereocenters. The second-order valence-corrected chi connectivity index (χ2v) is 6.67. The smallest absolute Gasteiger partial charge is 0.0674 e. The summed E-state index contributed by atoms with van der Waals surface area (Å²) in [6.07, 6.45) is 2.87. The molecule has 2 aliphatic rings. The van der Waals surface area contributed by atoms with E-state index in [-0.39, 0.29) is 0 Å². The lowest BCUT2D eigenvalue weighted by Gasteiger charge is -2.40. The number of likely N-dealkylation sites (tertiary alicyclic amines) is 1. The van der Waals surface area contributed by atoms with Crippen LogP contribution in [0.3, 0.4) is 0 Å². The average molecular weight is 288 g/mol. The lowest BCUT2D eigenvalue weighted by Crippen LogP contribution is -2.52. The molecule has 2 aliphatic heterocycles. The quantitative estimate of drug-likeness (QED) is 0.846. The molecule has 3 unspecified atom stereocenters. The number of morpholine rings is 1. The van der Waals surface area contributed by atoms with Crippen molar-refractivity contribution in [1.29, 1.82) is 0 Å². The Bertz CT molecular complexity index is 436. The molecule has 3 rings (SSSR count). The highest BCUT2D eigenvalue weighted by Crippen LogP contribution is 2.22. The van der Waals surface area contributed by atoms with E-state index in [1.807, 2.05) is 0 Å². The van der Waals surface area contributed by atoms with Gasteiger partial charge in [0.15, 0.2) is 0 Å². The van der Waals surface area contributed by atoms with Crippen molar-refractivity contribution in [2.24, 2.45) is 0 Å². The van der Waals surface area contributed by atoms with Gasteiger partial charge in [-0.1, -0.05) is 30.3 Å². The maximum atomic E-state index is 5.76. The second-order valence-electron chi connectivity index (χ2n) is 6.67. The van der Waals surface area contributed by atoms with Gasteiger partial charge in [-0.15, -0.1) is 0 Å². The van der Waals surface area contributed by atoms with E-state index in [0.29, 0.717) is 12.1 Å². The van der Waals surface area contributed by atoms with E-state index in [0.717, 1.165) is 19.2 Å². The number of rotatable bonds is 4. The molecule has 2 saturated heterocycles. The van der Waals surface area contributed by atoms with Gasteiger partial charge in [-0.25, -0.2) is 0 Å². The minimum Gasteiger partial charge on any atom is -0.376 e. The van der Waals surface area contributed by atoms with E-state index in [1.165, 1.54) is 38.0 Å². The molecule has 1 aromatic rings. The van der Waals surface area contributed by atoms with Crippen molar-refractivity contribution in [1.82, 2.24) is 9.80 Å². The molecule has 0 radical (unpaired) electrons. The van der Waals surface area contributed by atoms with E-state index >= 15 is 0 Å². The van der Waals surface area contributed by atoms with Crippen LogP contribution in [-0.2, 0) is 11.2 Å². The van der Waals surface area contributed by atoms with Crippen molar-refractivity contribution >= 4 is 0 Å². The molecule has 0 amide bonds. The number of hydrogen-bond acceptors (Lipinski definition) is 3. The zero-order valence-electron chi connectivity index (χ0n) is 13.4. The highest BCUT2D eigenvalue weighted by molar-refractivity contribution is 5.14. The second kappa shape index (κ2) is 6.91. The van der Waals surface area contributed by atoms with Crippen LogP contribution in [0.4, 0.5) is 0 Å². The normalized spacial score (nSPS) is 31.6. The molecule has 0 bridgehead atoms. The Balaban J connectivity index is 1.48. The summed E-state index contributed by atoms with van der Waals surface area (Å²) in [6.45, 7) is 10.1. The third-order valence-electron chi connectivity index (χ3n) is 4.93. The van der Waals surface area contributed by atoms with Crippen molar-refractivity contribution in [2.45, 2.75) is 44.9 Å². The van der Waals surface area contributed by atoms with Crippen LogP contribution in [0.25, 0.3) is 0 Å². The molecule has 0 N–H and O–H groups in total. The number of nitrogens with zero attached hydrogens (tertiary/aromatic N) is 2. The zero-order valence-corrected chi connectivity index (χ0v) is 13.4. The Kier molecular flexibility index (Phi) is 4.94. The Labute approximate surface area is 128 Å². The van der Waals surface area contributed by atoms with Gasteiger partial charge in [0.05, 0.1) is 12.7 Å². The minimum atomic E-state index is 0.388. The molecule has 0 aliphatic carbocycles. The minimum absolute atomic E-state index is 0.388. The highest BCUT2D eigenvalue weighted by atomic mass is 16.5. The lowest BCUT2D eigenvalue weighted by atomic mass is 10.1. The van der Waals surface area contributed by atoms with E-state index in [4.69, 9.17) is 4.74 Å². The Morgan fingerprint density at radius 2 is 1.95 bits per heavy atom. The summed E-state index contributed by atoms with van der Waals surface area (Å²) in [4.78, 5) is 5.31. The van der Waals surface area contributed by atoms with Crippen LogP contribution in [0.1, 0.15) is 25.8 Å². The van der Waals surface area contributed by atoms with Crippen LogP contribution in [0, 0.1) is 0 Å². The zero-order chi connectivity index (χ0) is 14.7. The van der Waals surface area contributed by atoms with Gasteiger partial charge < -0.3 is 9.64 Å². The topological polar surface area (TPSA) is 15.7 Å². The summed E-state index contributed by atoms with van der Waals surface area (Å²) < 4.78 is 5.76. The summed E-state index contributed by atoms with van der Waals surface area (Å²) in [6, 6.07) is 12.1. The summed E-state index contributed by atoms with van der Waals surface area (Å²) in [5.74, 6) is 0. The number of ether oxygens (including phenoxy) is 1. The molecular formula is C18H28N2O. The van der Waals surface area contributed by atoms with E-state index in [9.17, 15) is 0 Å².